The van der Waals surface area contributed by atoms with E-state index in [4.69, 9.17) is 0 Å². The van der Waals surface area contributed by atoms with Crippen LogP contribution in [0, 0.1) is 0 Å². The van der Waals surface area contributed by atoms with Gasteiger partial charge in [-0.1, -0.05) is 12.1 Å². The predicted octanol–water partition coefficient (Wildman–Crippen LogP) is 2.94. The van der Waals surface area contributed by atoms with Crippen molar-refractivity contribution in [3.63, 3.8) is 0 Å². The van der Waals surface area contributed by atoms with E-state index in [0.29, 0.717) is 5.75 Å². The van der Waals surface area contributed by atoms with Crippen LogP contribution in [0.15, 0.2) is 24.3 Å². The van der Waals surface area contributed by atoms with Crippen LogP contribution in [0.2, 0.25) is 0 Å². The fourth-order valence-electron chi connectivity index (χ4n) is 1.64. The van der Waals surface area contributed by atoms with Crippen molar-refractivity contribution in [2.45, 2.75) is 18.7 Å². The van der Waals surface area contributed by atoms with Gasteiger partial charge in [-0.25, -0.2) is 4.79 Å². The Morgan fingerprint density at radius 3 is 2.52 bits per heavy atom. The van der Waals surface area contributed by atoms with Crippen LogP contribution in [-0.2, 0) is 6.18 Å². The zero-order chi connectivity index (χ0) is 16.1. The number of urea groups is 1. The van der Waals surface area contributed by atoms with Crippen LogP contribution in [0.25, 0.3) is 0 Å². The van der Waals surface area contributed by atoms with E-state index in [1.807, 2.05) is 0 Å². The lowest BCUT2D eigenvalue weighted by atomic mass is 10.1. The van der Waals surface area contributed by atoms with E-state index in [9.17, 15) is 23.1 Å². The van der Waals surface area contributed by atoms with Crippen molar-refractivity contribution >= 4 is 23.5 Å². The molecule has 118 valence electrons. The number of anilines is 1. The second-order valence-corrected chi connectivity index (χ2v) is 5.65. The Morgan fingerprint density at radius 1 is 1.33 bits per heavy atom. The van der Waals surface area contributed by atoms with Gasteiger partial charge in [-0.2, -0.15) is 24.9 Å². The van der Waals surface area contributed by atoms with Crippen molar-refractivity contribution in [3.05, 3.63) is 29.8 Å². The number of para-hydroxylation sites is 1. The van der Waals surface area contributed by atoms with E-state index in [1.165, 1.54) is 36.9 Å². The van der Waals surface area contributed by atoms with E-state index in [0.717, 1.165) is 6.07 Å². The van der Waals surface area contributed by atoms with Crippen LogP contribution >= 0.6 is 11.8 Å². The van der Waals surface area contributed by atoms with Gasteiger partial charge in [0.1, 0.15) is 0 Å². The number of carbonyl (C=O) groups excluding carboxylic acids is 1. The first kappa shape index (κ1) is 17.6. The third-order valence-corrected chi connectivity index (χ3v) is 3.48. The molecule has 1 aromatic rings. The van der Waals surface area contributed by atoms with E-state index in [2.05, 4.69) is 10.6 Å². The van der Waals surface area contributed by atoms with Gasteiger partial charge in [0.25, 0.3) is 0 Å². The Hall–Kier alpha value is -1.41. The molecule has 2 amide bonds. The number of alkyl halides is 3. The van der Waals surface area contributed by atoms with Crippen LogP contribution in [0.3, 0.4) is 0 Å². The minimum atomic E-state index is -4.55. The normalized spacial score (nSPS) is 14.4. The lowest BCUT2D eigenvalue weighted by molar-refractivity contribution is -0.136. The van der Waals surface area contributed by atoms with Crippen LogP contribution in [-0.4, -0.2) is 35.3 Å². The van der Waals surface area contributed by atoms with E-state index in [1.54, 1.807) is 6.26 Å². The van der Waals surface area contributed by atoms with Gasteiger partial charge in [-0.05, 0) is 25.3 Å². The molecule has 0 saturated carbocycles. The number of rotatable bonds is 5. The van der Waals surface area contributed by atoms with Crippen molar-refractivity contribution in [2.24, 2.45) is 0 Å². The van der Waals surface area contributed by atoms with Gasteiger partial charge in [0, 0.05) is 12.3 Å². The summed E-state index contributed by atoms with van der Waals surface area (Å²) in [5, 5.41) is 14.4. The first-order valence-electron chi connectivity index (χ1n) is 6.08. The molecule has 0 unspecified atom stereocenters. The molecule has 0 heterocycles. The third kappa shape index (κ3) is 5.84. The predicted molar refractivity (Wildman–Crippen MR) is 77.5 cm³/mol. The van der Waals surface area contributed by atoms with Gasteiger partial charge in [0.15, 0.2) is 0 Å². The zero-order valence-electron chi connectivity index (χ0n) is 11.6. The van der Waals surface area contributed by atoms with Gasteiger partial charge >= 0.3 is 12.2 Å². The smallest absolute Gasteiger partial charge is 0.387 e. The summed E-state index contributed by atoms with van der Waals surface area (Å²) in [4.78, 5) is 11.6. The minimum absolute atomic E-state index is 0.0616. The minimum Gasteiger partial charge on any atom is -0.387 e. The molecule has 0 fully saturated rings. The summed E-state index contributed by atoms with van der Waals surface area (Å²) in [7, 11) is 0. The van der Waals surface area contributed by atoms with Crippen molar-refractivity contribution in [1.29, 1.82) is 0 Å². The summed E-state index contributed by atoms with van der Waals surface area (Å²) in [5.41, 5.74) is -2.37. The molecular weight excluding hydrogens is 305 g/mol. The highest BCUT2D eigenvalue weighted by Gasteiger charge is 2.33. The lowest BCUT2D eigenvalue weighted by Crippen LogP contribution is -2.44. The molecule has 0 aliphatic carbocycles. The van der Waals surface area contributed by atoms with Crippen LogP contribution in [0.5, 0.6) is 0 Å². The summed E-state index contributed by atoms with van der Waals surface area (Å²) < 4.78 is 38.3. The molecule has 1 rings (SSSR count). The summed E-state index contributed by atoms with van der Waals surface area (Å²) in [6.45, 7) is 1.47. The molecule has 3 N–H and O–H groups in total. The molecule has 1 aromatic carbocycles. The lowest BCUT2D eigenvalue weighted by Gasteiger charge is -2.22. The van der Waals surface area contributed by atoms with Crippen molar-refractivity contribution in [2.75, 3.05) is 23.9 Å². The first-order valence-corrected chi connectivity index (χ1v) is 7.47. The van der Waals surface area contributed by atoms with Crippen molar-refractivity contribution < 1.29 is 23.1 Å². The Balaban J connectivity index is 2.68. The van der Waals surface area contributed by atoms with Crippen LogP contribution in [0.1, 0.15) is 12.5 Å². The van der Waals surface area contributed by atoms with Crippen LogP contribution in [0.4, 0.5) is 23.7 Å². The maximum atomic E-state index is 12.8. The monoisotopic (exact) mass is 322 g/mol. The Bertz CT molecular complexity index is 493. The Labute approximate surface area is 125 Å². The molecule has 0 saturated heterocycles. The topological polar surface area (TPSA) is 61.4 Å². The van der Waals surface area contributed by atoms with Gasteiger partial charge in [-0.15, -0.1) is 0 Å². The largest absolute Gasteiger partial charge is 0.418 e. The number of nitrogens with one attached hydrogen (secondary N) is 2. The fraction of sp³-hybridized carbons (Fsp3) is 0.462. The number of halogens is 3. The highest BCUT2D eigenvalue weighted by Crippen LogP contribution is 2.34. The molecule has 8 heteroatoms. The standard InChI is InChI=1S/C13H17F3N2O2S/c1-12(20,8-21-2)7-17-11(19)18-10-6-4-3-5-9(10)13(14,15)16/h3-6,20H,7-8H2,1-2H3,(H2,17,18,19)/t12-/m0/s1. The number of thioether (sulfide) groups is 1. The molecule has 0 aliphatic rings. The van der Waals surface area contributed by atoms with Gasteiger partial charge < -0.3 is 15.7 Å². The summed E-state index contributed by atoms with van der Waals surface area (Å²) in [6, 6.07) is 3.90. The Morgan fingerprint density at radius 2 is 1.95 bits per heavy atom. The molecule has 0 spiro atoms. The average Bonchev–Trinajstić information content (AvgIpc) is 2.36. The summed E-state index contributed by atoms with van der Waals surface area (Å²) >= 11 is 1.40. The van der Waals surface area contributed by atoms with Crippen molar-refractivity contribution in [3.8, 4) is 0 Å². The number of hydrogen-bond donors (Lipinski definition) is 3. The zero-order valence-corrected chi connectivity index (χ0v) is 12.4. The van der Waals surface area contributed by atoms with Gasteiger partial charge in [0.2, 0.25) is 0 Å². The van der Waals surface area contributed by atoms with E-state index in [-0.39, 0.29) is 12.2 Å². The number of amides is 2. The highest BCUT2D eigenvalue weighted by molar-refractivity contribution is 7.98. The summed E-state index contributed by atoms with van der Waals surface area (Å²) in [5.74, 6) is 0.395. The summed E-state index contributed by atoms with van der Waals surface area (Å²) in [6.07, 6.45) is -2.75. The molecule has 0 aromatic heterocycles. The second kappa shape index (κ2) is 7.04. The Kier molecular flexibility index (Phi) is 5.91. The maximum absolute atomic E-state index is 12.8. The number of aliphatic hydroxyl groups is 1. The molecule has 0 aliphatic heterocycles. The van der Waals surface area contributed by atoms with E-state index < -0.39 is 23.4 Å². The molecule has 1 atom stereocenters. The molecular formula is C13H17F3N2O2S. The molecule has 0 bridgehead atoms. The second-order valence-electron chi connectivity index (χ2n) is 4.78. The quantitative estimate of drug-likeness (QED) is 0.781. The number of hydrogen-bond acceptors (Lipinski definition) is 3. The van der Waals surface area contributed by atoms with Gasteiger partial charge in [-0.3, -0.25) is 0 Å². The van der Waals surface area contributed by atoms with Gasteiger partial charge in [0.05, 0.1) is 16.9 Å². The molecule has 21 heavy (non-hydrogen) atoms. The average molecular weight is 322 g/mol. The first-order chi connectivity index (χ1) is 9.65. The maximum Gasteiger partial charge on any atom is 0.418 e. The third-order valence-electron chi connectivity index (χ3n) is 2.57. The highest BCUT2D eigenvalue weighted by atomic mass is 32.2. The molecule has 0 radical (unpaired) electrons. The number of benzene rings is 1. The van der Waals surface area contributed by atoms with E-state index >= 15 is 0 Å². The van der Waals surface area contributed by atoms with Crippen LogP contribution < -0.4 is 10.6 Å². The SMILES string of the molecule is CSC[C@@](C)(O)CNC(=O)Nc1ccccc1C(F)(F)F. The molecule has 4 nitrogen and oxygen atoms in total. The fourth-order valence-corrected chi connectivity index (χ4v) is 2.36. The van der Waals surface area contributed by atoms with Crippen molar-refractivity contribution in [1.82, 2.24) is 5.32 Å². The number of carbonyl (C=O) groups is 1.